The van der Waals surface area contributed by atoms with Crippen LogP contribution in [0.25, 0.3) is 10.8 Å². The number of hydrogen-bond donors (Lipinski definition) is 1. The molecule has 1 aromatic heterocycles. The average Bonchev–Trinajstić information content (AvgIpc) is 2.83. The quantitative estimate of drug-likeness (QED) is 0.349. The van der Waals surface area contributed by atoms with Crippen LogP contribution in [0.2, 0.25) is 0 Å². The molecule has 0 radical (unpaired) electrons. The van der Waals surface area contributed by atoms with Gasteiger partial charge in [-0.1, -0.05) is 24.3 Å². The van der Waals surface area contributed by atoms with E-state index in [-0.39, 0.29) is 29.4 Å². The number of sulfonamides is 1. The molecule has 0 saturated heterocycles. The van der Waals surface area contributed by atoms with Crippen LogP contribution >= 0.6 is 0 Å². The number of pyridine rings is 1. The monoisotopic (exact) mass is 561 g/mol. The van der Waals surface area contributed by atoms with E-state index < -0.39 is 31.6 Å². The predicted octanol–water partition coefficient (Wildman–Crippen LogP) is 4.18. The van der Waals surface area contributed by atoms with Gasteiger partial charge >= 0.3 is 6.09 Å². The number of aryl methyl sites for hydroxylation is 1. The molecule has 0 spiro atoms. The summed E-state index contributed by atoms with van der Waals surface area (Å²) >= 11 is 0. The molecule has 1 N–H and O–H groups in total. The van der Waals surface area contributed by atoms with Gasteiger partial charge < -0.3 is 10.1 Å². The zero-order valence-corrected chi connectivity index (χ0v) is 23.8. The minimum atomic E-state index is -3.88. The average molecular weight is 562 g/mol. The highest BCUT2D eigenvalue weighted by atomic mass is 32.2. The normalized spacial score (nSPS) is 12.6. The van der Waals surface area contributed by atoms with Crippen LogP contribution in [0.3, 0.4) is 0 Å². The summed E-state index contributed by atoms with van der Waals surface area (Å²) in [5, 5.41) is 3.97. The Morgan fingerprint density at radius 3 is 2.42 bits per heavy atom. The van der Waals surface area contributed by atoms with Crippen LogP contribution in [0.1, 0.15) is 39.2 Å². The topological polar surface area (TPSA) is 123 Å². The van der Waals surface area contributed by atoms with E-state index in [1.54, 1.807) is 69.6 Å². The molecule has 3 rings (SSSR count). The lowest BCUT2D eigenvalue weighted by atomic mass is 10.1. The van der Waals surface area contributed by atoms with Crippen LogP contribution in [0.5, 0.6) is 0 Å². The van der Waals surface area contributed by atoms with E-state index in [1.165, 1.54) is 4.31 Å². The molecule has 0 fully saturated rings. The molecular formula is C27H35N3O6S2. The summed E-state index contributed by atoms with van der Waals surface area (Å²) in [7, 11) is -7.21. The maximum absolute atomic E-state index is 13.8. The molecule has 0 unspecified atom stereocenters. The Morgan fingerprint density at radius 1 is 1.00 bits per heavy atom. The standard InChI is InChI=1S/C27H35N3O6S2/c1-27(2,3)36-26(31)29-15-8-18-30(17-7-10-21-9-5-12-23(19-21)37(4,32)33)38(34,35)25-13-6-11-22-20-28-16-14-24(22)25/h5-6,9,11-14,16,19-20H,7-8,10,15,17-18H2,1-4H3,(H,29,31). The number of sulfone groups is 1. The Bertz CT molecular complexity index is 1480. The van der Waals surface area contributed by atoms with Crippen LogP contribution in [0.15, 0.2) is 70.7 Å². The lowest BCUT2D eigenvalue weighted by molar-refractivity contribution is 0.0526. The van der Waals surface area contributed by atoms with E-state index in [2.05, 4.69) is 10.3 Å². The van der Waals surface area contributed by atoms with Gasteiger partial charge in [-0.3, -0.25) is 4.98 Å². The van der Waals surface area contributed by atoms with Crippen LogP contribution in [0, 0.1) is 0 Å². The van der Waals surface area contributed by atoms with E-state index in [4.69, 9.17) is 4.74 Å². The maximum atomic E-state index is 13.8. The van der Waals surface area contributed by atoms with Gasteiger partial charge in [-0.15, -0.1) is 0 Å². The van der Waals surface area contributed by atoms with Gasteiger partial charge in [0.15, 0.2) is 9.84 Å². The fourth-order valence-corrected chi connectivity index (χ4v) is 6.38. The molecule has 0 atom stereocenters. The number of benzene rings is 2. The van der Waals surface area contributed by atoms with Crippen molar-refractivity contribution in [3.63, 3.8) is 0 Å². The summed E-state index contributed by atoms with van der Waals surface area (Å²) in [5.41, 5.74) is 0.185. The second kappa shape index (κ2) is 12.2. The van der Waals surface area contributed by atoms with Crippen molar-refractivity contribution in [1.29, 1.82) is 0 Å². The first-order valence-corrected chi connectivity index (χ1v) is 15.7. The Hall–Kier alpha value is -3.02. The first-order chi connectivity index (χ1) is 17.8. The van der Waals surface area contributed by atoms with Gasteiger partial charge in [0.2, 0.25) is 10.0 Å². The first-order valence-electron chi connectivity index (χ1n) is 12.4. The molecular weight excluding hydrogens is 526 g/mol. The lowest BCUT2D eigenvalue weighted by Crippen LogP contribution is -2.37. The zero-order chi connectivity index (χ0) is 28.0. The van der Waals surface area contributed by atoms with Gasteiger partial charge in [0, 0.05) is 49.1 Å². The number of amides is 1. The first kappa shape index (κ1) is 29.5. The minimum Gasteiger partial charge on any atom is -0.444 e. The van der Waals surface area contributed by atoms with E-state index in [0.29, 0.717) is 24.6 Å². The smallest absolute Gasteiger partial charge is 0.407 e. The van der Waals surface area contributed by atoms with Gasteiger partial charge in [0.05, 0.1) is 9.79 Å². The number of carbonyl (C=O) groups excluding carboxylic acids is 1. The minimum absolute atomic E-state index is 0.184. The van der Waals surface area contributed by atoms with Crippen molar-refractivity contribution in [2.75, 3.05) is 25.9 Å². The molecule has 1 heterocycles. The van der Waals surface area contributed by atoms with Crippen LogP contribution in [0.4, 0.5) is 4.79 Å². The zero-order valence-electron chi connectivity index (χ0n) is 22.2. The summed E-state index contributed by atoms with van der Waals surface area (Å²) < 4.78 is 58.1. The highest BCUT2D eigenvalue weighted by molar-refractivity contribution is 7.90. The van der Waals surface area contributed by atoms with E-state index in [1.807, 2.05) is 12.1 Å². The van der Waals surface area contributed by atoms with E-state index >= 15 is 0 Å². The van der Waals surface area contributed by atoms with E-state index in [0.717, 1.165) is 17.2 Å². The number of hydrogen-bond acceptors (Lipinski definition) is 7. The molecule has 0 bridgehead atoms. The van der Waals surface area contributed by atoms with Crippen molar-refractivity contribution in [2.24, 2.45) is 0 Å². The molecule has 0 aliphatic heterocycles. The largest absolute Gasteiger partial charge is 0.444 e. The van der Waals surface area contributed by atoms with Crippen molar-refractivity contribution in [3.05, 3.63) is 66.5 Å². The number of rotatable bonds is 11. The van der Waals surface area contributed by atoms with Crippen LogP contribution in [-0.2, 0) is 31.0 Å². The number of carbonyl (C=O) groups is 1. The van der Waals surface area contributed by atoms with Gasteiger partial charge in [-0.05, 0) is 69.9 Å². The number of nitrogens with zero attached hydrogens (tertiary/aromatic N) is 2. The Balaban J connectivity index is 1.76. The number of aromatic nitrogens is 1. The summed E-state index contributed by atoms with van der Waals surface area (Å²) in [6.07, 6.45) is 5.16. The number of nitrogens with one attached hydrogen (secondary N) is 1. The van der Waals surface area contributed by atoms with Gasteiger partial charge in [0.25, 0.3) is 0 Å². The number of fused-ring (bicyclic) bond motifs is 1. The van der Waals surface area contributed by atoms with Crippen molar-refractivity contribution in [3.8, 4) is 0 Å². The molecule has 0 aliphatic carbocycles. The fraction of sp³-hybridized carbons (Fsp3) is 0.407. The van der Waals surface area contributed by atoms with Crippen LogP contribution in [-0.4, -0.2) is 63.7 Å². The third-order valence-corrected chi connectivity index (χ3v) is 8.78. The molecule has 3 aromatic rings. The third-order valence-electron chi connectivity index (χ3n) is 5.71. The molecule has 0 saturated carbocycles. The molecule has 11 heteroatoms. The number of alkyl carbamates (subject to hydrolysis) is 1. The van der Waals surface area contributed by atoms with Gasteiger partial charge in [-0.2, -0.15) is 4.31 Å². The summed E-state index contributed by atoms with van der Waals surface area (Å²) in [4.78, 5) is 16.5. The second-order valence-corrected chi connectivity index (χ2v) is 14.0. The Labute approximate surface area is 225 Å². The number of ether oxygens (including phenoxy) is 1. The summed E-state index contributed by atoms with van der Waals surface area (Å²) in [5.74, 6) is 0. The SMILES string of the molecule is CC(C)(C)OC(=O)NCCCN(CCCc1cccc(S(C)(=O)=O)c1)S(=O)(=O)c1cccc2cnccc12. The van der Waals surface area contributed by atoms with Gasteiger partial charge in [-0.25, -0.2) is 21.6 Å². The van der Waals surface area contributed by atoms with Crippen molar-refractivity contribution in [1.82, 2.24) is 14.6 Å². The maximum Gasteiger partial charge on any atom is 0.407 e. The molecule has 9 nitrogen and oxygen atoms in total. The van der Waals surface area contributed by atoms with Crippen LogP contribution < -0.4 is 5.32 Å². The van der Waals surface area contributed by atoms with Crippen molar-refractivity contribution in [2.45, 2.75) is 55.4 Å². The highest BCUT2D eigenvalue weighted by Crippen LogP contribution is 2.26. The predicted molar refractivity (Wildman–Crippen MR) is 147 cm³/mol. The molecule has 2 aromatic carbocycles. The highest BCUT2D eigenvalue weighted by Gasteiger charge is 2.26. The molecule has 1 amide bonds. The van der Waals surface area contributed by atoms with E-state index in [9.17, 15) is 21.6 Å². The second-order valence-electron chi connectivity index (χ2n) is 10.1. The Kier molecular flexibility index (Phi) is 9.50. The van der Waals surface area contributed by atoms with Crippen molar-refractivity contribution < 1.29 is 26.4 Å². The Morgan fingerprint density at radius 2 is 1.71 bits per heavy atom. The molecule has 206 valence electrons. The van der Waals surface area contributed by atoms with Crippen molar-refractivity contribution >= 4 is 36.7 Å². The molecule has 0 aliphatic rings. The summed E-state index contributed by atoms with van der Waals surface area (Å²) in [6.45, 7) is 5.96. The fourth-order valence-electron chi connectivity index (χ4n) is 3.96. The molecule has 38 heavy (non-hydrogen) atoms. The lowest BCUT2D eigenvalue weighted by Gasteiger charge is -2.24. The van der Waals surface area contributed by atoms with Gasteiger partial charge in [0.1, 0.15) is 5.60 Å². The third kappa shape index (κ3) is 8.24. The summed E-state index contributed by atoms with van der Waals surface area (Å²) in [6, 6.07) is 13.4.